The minimum atomic E-state index is -0.490. The molecule has 0 spiro atoms. The number of benzene rings is 1. The largest absolute Gasteiger partial charge is 0.493 e. The van der Waals surface area contributed by atoms with Gasteiger partial charge in [0.2, 0.25) is 5.91 Å². The minimum absolute atomic E-state index is 0.00954. The monoisotopic (exact) mass is 276 g/mol. The van der Waals surface area contributed by atoms with Gasteiger partial charge in [-0.25, -0.2) is 0 Å². The summed E-state index contributed by atoms with van der Waals surface area (Å²) in [5.41, 5.74) is 7.98. The van der Waals surface area contributed by atoms with Gasteiger partial charge in [-0.05, 0) is 43.4 Å². The molecule has 2 rings (SSSR count). The third-order valence-corrected chi connectivity index (χ3v) is 3.70. The van der Waals surface area contributed by atoms with Crippen molar-refractivity contribution in [3.8, 4) is 5.75 Å². The van der Waals surface area contributed by atoms with Crippen molar-refractivity contribution in [3.05, 3.63) is 29.3 Å². The molecule has 1 aromatic carbocycles. The highest BCUT2D eigenvalue weighted by atomic mass is 16.5. The fourth-order valence-electron chi connectivity index (χ4n) is 2.41. The van der Waals surface area contributed by atoms with Gasteiger partial charge in [0.15, 0.2) is 0 Å². The first-order chi connectivity index (χ1) is 9.49. The quantitative estimate of drug-likeness (QED) is 0.891. The predicted molar refractivity (Wildman–Crippen MR) is 79.8 cm³/mol. The molecule has 4 nitrogen and oxygen atoms in total. The molecule has 2 atom stereocenters. The molecule has 1 heterocycles. The average Bonchev–Trinajstić information content (AvgIpc) is 2.60. The lowest BCUT2D eigenvalue weighted by Gasteiger charge is -2.21. The molecule has 4 heteroatoms. The molecule has 1 aromatic rings. The summed E-state index contributed by atoms with van der Waals surface area (Å²) < 4.78 is 5.77. The third-order valence-electron chi connectivity index (χ3n) is 3.70. The fourth-order valence-corrected chi connectivity index (χ4v) is 2.41. The van der Waals surface area contributed by atoms with Crippen molar-refractivity contribution in [3.63, 3.8) is 0 Å². The molecule has 0 aromatic heterocycles. The van der Waals surface area contributed by atoms with Crippen molar-refractivity contribution in [1.82, 2.24) is 5.32 Å². The Balaban J connectivity index is 2.31. The van der Waals surface area contributed by atoms with Crippen molar-refractivity contribution in [2.24, 2.45) is 5.73 Å². The van der Waals surface area contributed by atoms with E-state index in [4.69, 9.17) is 10.5 Å². The zero-order chi connectivity index (χ0) is 14.7. The maximum absolute atomic E-state index is 11.9. The van der Waals surface area contributed by atoms with Crippen molar-refractivity contribution >= 4 is 5.91 Å². The fraction of sp³-hybridized carbons (Fsp3) is 0.562. The second kappa shape index (κ2) is 6.27. The van der Waals surface area contributed by atoms with E-state index in [0.29, 0.717) is 12.5 Å². The summed E-state index contributed by atoms with van der Waals surface area (Å²) in [6.45, 7) is 6.72. The average molecular weight is 276 g/mol. The van der Waals surface area contributed by atoms with Gasteiger partial charge in [-0.3, -0.25) is 4.79 Å². The normalized spacial score (nSPS) is 19.8. The van der Waals surface area contributed by atoms with Crippen LogP contribution in [0.3, 0.4) is 0 Å². The molecule has 1 aliphatic heterocycles. The number of hydrogen-bond acceptors (Lipinski definition) is 3. The SMILES string of the molecule is CC(N)C(=O)NC1CCCOc2ccc(C(C)C)cc21. The number of amides is 1. The van der Waals surface area contributed by atoms with Gasteiger partial charge >= 0.3 is 0 Å². The van der Waals surface area contributed by atoms with Crippen LogP contribution in [0.15, 0.2) is 18.2 Å². The molecule has 0 bridgehead atoms. The first kappa shape index (κ1) is 14.9. The van der Waals surface area contributed by atoms with E-state index >= 15 is 0 Å². The van der Waals surface area contributed by atoms with Gasteiger partial charge in [0.05, 0.1) is 18.7 Å². The van der Waals surface area contributed by atoms with Crippen LogP contribution in [0, 0.1) is 0 Å². The summed E-state index contributed by atoms with van der Waals surface area (Å²) in [4.78, 5) is 11.9. The highest BCUT2D eigenvalue weighted by Crippen LogP contribution is 2.33. The first-order valence-corrected chi connectivity index (χ1v) is 7.31. The van der Waals surface area contributed by atoms with Crippen LogP contribution in [0.5, 0.6) is 5.75 Å². The van der Waals surface area contributed by atoms with Crippen LogP contribution in [-0.4, -0.2) is 18.6 Å². The van der Waals surface area contributed by atoms with Crippen molar-refractivity contribution in [2.45, 2.75) is 51.6 Å². The summed E-state index contributed by atoms with van der Waals surface area (Å²) in [6.07, 6.45) is 1.81. The number of nitrogens with one attached hydrogen (secondary N) is 1. The van der Waals surface area contributed by atoms with Crippen molar-refractivity contribution in [1.29, 1.82) is 0 Å². The maximum Gasteiger partial charge on any atom is 0.237 e. The van der Waals surface area contributed by atoms with E-state index in [1.165, 1.54) is 5.56 Å². The number of ether oxygens (including phenoxy) is 1. The lowest BCUT2D eigenvalue weighted by molar-refractivity contribution is -0.122. The van der Waals surface area contributed by atoms with Crippen LogP contribution >= 0.6 is 0 Å². The number of rotatable bonds is 3. The summed E-state index contributed by atoms with van der Waals surface area (Å²) in [5.74, 6) is 1.22. The number of fused-ring (bicyclic) bond motifs is 1. The Morgan fingerprint density at radius 3 is 2.80 bits per heavy atom. The Labute approximate surface area is 120 Å². The Morgan fingerprint density at radius 2 is 2.15 bits per heavy atom. The molecule has 20 heavy (non-hydrogen) atoms. The zero-order valence-electron chi connectivity index (χ0n) is 12.5. The highest BCUT2D eigenvalue weighted by Gasteiger charge is 2.23. The maximum atomic E-state index is 11.9. The molecule has 0 aliphatic carbocycles. The number of carbonyl (C=O) groups is 1. The predicted octanol–water partition coefficient (Wildman–Crippen LogP) is 2.49. The van der Waals surface area contributed by atoms with E-state index < -0.39 is 6.04 Å². The minimum Gasteiger partial charge on any atom is -0.493 e. The van der Waals surface area contributed by atoms with Gasteiger partial charge in [0.1, 0.15) is 5.75 Å². The van der Waals surface area contributed by atoms with Gasteiger partial charge < -0.3 is 15.8 Å². The second-order valence-corrected chi connectivity index (χ2v) is 5.79. The van der Waals surface area contributed by atoms with E-state index in [1.807, 2.05) is 6.07 Å². The smallest absolute Gasteiger partial charge is 0.237 e. The van der Waals surface area contributed by atoms with Gasteiger partial charge in [-0.2, -0.15) is 0 Å². The molecule has 0 saturated carbocycles. The Morgan fingerprint density at radius 1 is 1.40 bits per heavy atom. The van der Waals surface area contributed by atoms with Crippen LogP contribution < -0.4 is 15.8 Å². The first-order valence-electron chi connectivity index (χ1n) is 7.31. The molecular formula is C16H24N2O2. The summed E-state index contributed by atoms with van der Waals surface area (Å²) in [5, 5.41) is 3.04. The molecule has 3 N–H and O–H groups in total. The van der Waals surface area contributed by atoms with Crippen molar-refractivity contribution in [2.75, 3.05) is 6.61 Å². The molecule has 0 fully saturated rings. The lowest BCUT2D eigenvalue weighted by atomic mass is 9.95. The van der Waals surface area contributed by atoms with E-state index in [2.05, 4.69) is 31.3 Å². The van der Waals surface area contributed by atoms with Crippen LogP contribution in [0.4, 0.5) is 0 Å². The molecule has 0 radical (unpaired) electrons. The van der Waals surface area contributed by atoms with Crippen molar-refractivity contribution < 1.29 is 9.53 Å². The second-order valence-electron chi connectivity index (χ2n) is 5.79. The van der Waals surface area contributed by atoms with E-state index in [1.54, 1.807) is 6.92 Å². The molecular weight excluding hydrogens is 252 g/mol. The summed E-state index contributed by atoms with van der Waals surface area (Å²) in [7, 11) is 0. The van der Waals surface area contributed by atoms with Crippen LogP contribution in [0.2, 0.25) is 0 Å². The summed E-state index contributed by atoms with van der Waals surface area (Å²) in [6, 6.07) is 5.76. The van der Waals surface area contributed by atoms with E-state index in [-0.39, 0.29) is 11.9 Å². The Kier molecular flexibility index (Phi) is 4.65. The van der Waals surface area contributed by atoms with Gasteiger partial charge in [-0.15, -0.1) is 0 Å². The third kappa shape index (κ3) is 3.31. The van der Waals surface area contributed by atoms with Gasteiger partial charge in [0, 0.05) is 5.56 Å². The van der Waals surface area contributed by atoms with Crippen LogP contribution in [0.1, 0.15) is 56.7 Å². The zero-order valence-corrected chi connectivity index (χ0v) is 12.5. The van der Waals surface area contributed by atoms with E-state index in [9.17, 15) is 4.79 Å². The number of nitrogens with two attached hydrogens (primary N) is 1. The molecule has 2 unspecified atom stereocenters. The van der Waals surface area contributed by atoms with E-state index in [0.717, 1.165) is 24.2 Å². The van der Waals surface area contributed by atoms with Crippen LogP contribution in [0.25, 0.3) is 0 Å². The standard InChI is InChI=1S/C16H24N2O2/c1-10(2)12-6-7-15-13(9-12)14(5-4-8-20-15)18-16(19)11(3)17/h6-7,9-11,14H,4-5,8,17H2,1-3H3,(H,18,19). The van der Waals surface area contributed by atoms with Crippen LogP contribution in [-0.2, 0) is 4.79 Å². The molecule has 110 valence electrons. The molecule has 1 amide bonds. The van der Waals surface area contributed by atoms with Gasteiger partial charge in [0.25, 0.3) is 0 Å². The topological polar surface area (TPSA) is 64.4 Å². The van der Waals surface area contributed by atoms with Gasteiger partial charge in [-0.1, -0.05) is 19.9 Å². The molecule has 0 saturated heterocycles. The Bertz CT molecular complexity index is 483. The highest BCUT2D eigenvalue weighted by molar-refractivity contribution is 5.81. The molecule has 1 aliphatic rings. The summed E-state index contributed by atoms with van der Waals surface area (Å²) >= 11 is 0. The lowest BCUT2D eigenvalue weighted by Crippen LogP contribution is -2.40. The number of hydrogen-bond donors (Lipinski definition) is 2. The Hall–Kier alpha value is -1.55. The number of carbonyl (C=O) groups excluding carboxylic acids is 1.